The molecule has 2 aromatic rings. The van der Waals surface area contributed by atoms with Crippen molar-refractivity contribution in [1.29, 1.82) is 0 Å². The SMILES string of the molecule is Cc1nc(-c2ncccn2)sc1C(=O)N(C)CC1CCCC1O. The van der Waals surface area contributed by atoms with Crippen LogP contribution in [0.2, 0.25) is 0 Å². The summed E-state index contributed by atoms with van der Waals surface area (Å²) in [5, 5.41) is 10.6. The van der Waals surface area contributed by atoms with Crippen molar-refractivity contribution in [3.8, 4) is 10.8 Å². The fourth-order valence-corrected chi connectivity index (χ4v) is 3.95. The highest BCUT2D eigenvalue weighted by atomic mass is 32.1. The Morgan fingerprint density at radius 2 is 2.13 bits per heavy atom. The molecule has 0 aromatic carbocycles. The van der Waals surface area contributed by atoms with Crippen LogP contribution in [0, 0.1) is 12.8 Å². The maximum absolute atomic E-state index is 12.7. The minimum atomic E-state index is -0.291. The normalized spacial score (nSPS) is 20.7. The third-order valence-electron chi connectivity index (χ3n) is 4.22. The van der Waals surface area contributed by atoms with Gasteiger partial charge in [0.05, 0.1) is 11.8 Å². The first-order valence-corrected chi connectivity index (χ1v) is 8.56. The summed E-state index contributed by atoms with van der Waals surface area (Å²) in [6, 6.07) is 1.75. The molecule has 2 heterocycles. The number of aliphatic hydroxyl groups excluding tert-OH is 1. The second kappa shape index (κ2) is 6.72. The standard InChI is InChI=1S/C16H20N4O2S/c1-10-13(23-15(19-10)14-17-7-4-8-18-14)16(22)20(2)9-11-5-3-6-12(11)21/h4,7-8,11-12,21H,3,5-6,9H2,1-2H3. The molecule has 1 aliphatic carbocycles. The molecule has 23 heavy (non-hydrogen) atoms. The zero-order valence-electron chi connectivity index (χ0n) is 13.3. The molecule has 122 valence electrons. The lowest BCUT2D eigenvalue weighted by molar-refractivity contribution is 0.0697. The maximum atomic E-state index is 12.7. The van der Waals surface area contributed by atoms with Crippen LogP contribution in [0.3, 0.4) is 0 Å². The van der Waals surface area contributed by atoms with Gasteiger partial charge in [0.2, 0.25) is 0 Å². The fraction of sp³-hybridized carbons (Fsp3) is 0.500. The number of thiazole rings is 1. The molecule has 1 saturated carbocycles. The predicted octanol–water partition coefficient (Wildman–Crippen LogP) is 2.14. The van der Waals surface area contributed by atoms with Crippen LogP contribution in [0.15, 0.2) is 18.5 Å². The van der Waals surface area contributed by atoms with Gasteiger partial charge in [0, 0.05) is 31.9 Å². The quantitative estimate of drug-likeness (QED) is 0.928. The predicted molar refractivity (Wildman–Crippen MR) is 88.2 cm³/mol. The lowest BCUT2D eigenvalue weighted by atomic mass is 10.1. The van der Waals surface area contributed by atoms with Crippen molar-refractivity contribution in [2.75, 3.05) is 13.6 Å². The molecule has 1 amide bonds. The minimum Gasteiger partial charge on any atom is -0.393 e. The number of carbonyl (C=O) groups excluding carboxylic acids is 1. The molecule has 2 atom stereocenters. The van der Waals surface area contributed by atoms with Gasteiger partial charge in [-0.1, -0.05) is 6.42 Å². The Bertz CT molecular complexity index is 689. The zero-order chi connectivity index (χ0) is 16.4. The van der Waals surface area contributed by atoms with Crippen molar-refractivity contribution < 1.29 is 9.90 Å². The lowest BCUT2D eigenvalue weighted by Gasteiger charge is -2.22. The van der Waals surface area contributed by atoms with Crippen LogP contribution in [0.5, 0.6) is 0 Å². The molecule has 1 fully saturated rings. The smallest absolute Gasteiger partial charge is 0.265 e. The summed E-state index contributed by atoms with van der Waals surface area (Å²) in [6.45, 7) is 2.41. The van der Waals surface area contributed by atoms with E-state index in [0.29, 0.717) is 27.9 Å². The Labute approximate surface area is 139 Å². The number of aliphatic hydroxyl groups is 1. The summed E-state index contributed by atoms with van der Waals surface area (Å²) in [5.41, 5.74) is 0.696. The molecule has 0 radical (unpaired) electrons. The van der Waals surface area contributed by atoms with Crippen molar-refractivity contribution in [2.24, 2.45) is 5.92 Å². The highest BCUT2D eigenvalue weighted by Crippen LogP contribution is 2.29. The number of carbonyl (C=O) groups is 1. The molecule has 2 aromatic heterocycles. The molecule has 7 heteroatoms. The largest absolute Gasteiger partial charge is 0.393 e. The molecule has 3 rings (SSSR count). The molecule has 0 saturated heterocycles. The summed E-state index contributed by atoms with van der Waals surface area (Å²) in [5.74, 6) is 0.656. The van der Waals surface area contributed by atoms with Crippen LogP contribution in [-0.2, 0) is 0 Å². The molecule has 0 aliphatic heterocycles. The molecular formula is C16H20N4O2S. The summed E-state index contributed by atoms with van der Waals surface area (Å²) in [6.07, 6.45) is 5.87. The molecule has 6 nitrogen and oxygen atoms in total. The van der Waals surface area contributed by atoms with Crippen LogP contribution in [0.25, 0.3) is 10.8 Å². The van der Waals surface area contributed by atoms with Crippen molar-refractivity contribution in [3.63, 3.8) is 0 Å². The van der Waals surface area contributed by atoms with Gasteiger partial charge in [0.15, 0.2) is 10.8 Å². The summed E-state index contributed by atoms with van der Waals surface area (Å²) in [7, 11) is 1.78. The monoisotopic (exact) mass is 332 g/mol. The van der Waals surface area contributed by atoms with Crippen molar-refractivity contribution in [1.82, 2.24) is 19.9 Å². The molecule has 0 spiro atoms. The summed E-state index contributed by atoms with van der Waals surface area (Å²) in [4.78, 5) is 27.8. The molecule has 0 bridgehead atoms. The molecule has 1 N–H and O–H groups in total. The number of hydrogen-bond acceptors (Lipinski definition) is 6. The second-order valence-corrected chi connectivity index (χ2v) is 6.95. The van der Waals surface area contributed by atoms with E-state index in [4.69, 9.17) is 0 Å². The number of amides is 1. The Morgan fingerprint density at radius 1 is 1.39 bits per heavy atom. The Balaban J connectivity index is 1.75. The number of aryl methyl sites for hydroxylation is 1. The maximum Gasteiger partial charge on any atom is 0.265 e. The van der Waals surface area contributed by atoms with E-state index in [2.05, 4.69) is 15.0 Å². The summed E-state index contributed by atoms with van der Waals surface area (Å²) >= 11 is 1.32. The van der Waals surface area contributed by atoms with Crippen molar-refractivity contribution >= 4 is 17.2 Å². The minimum absolute atomic E-state index is 0.0544. The van der Waals surface area contributed by atoms with Crippen LogP contribution < -0.4 is 0 Å². The molecule has 2 unspecified atom stereocenters. The highest BCUT2D eigenvalue weighted by molar-refractivity contribution is 7.17. The molecular weight excluding hydrogens is 312 g/mol. The fourth-order valence-electron chi connectivity index (χ4n) is 2.94. The molecule has 1 aliphatic rings. The first-order chi connectivity index (χ1) is 11.1. The van der Waals surface area contributed by atoms with Gasteiger partial charge in [-0.25, -0.2) is 15.0 Å². The van der Waals surface area contributed by atoms with E-state index >= 15 is 0 Å². The summed E-state index contributed by atoms with van der Waals surface area (Å²) < 4.78 is 0. The van der Waals surface area contributed by atoms with Crippen LogP contribution >= 0.6 is 11.3 Å². The van der Waals surface area contributed by atoms with Gasteiger partial charge in [-0.2, -0.15) is 0 Å². The topological polar surface area (TPSA) is 79.2 Å². The van der Waals surface area contributed by atoms with E-state index in [9.17, 15) is 9.90 Å². The van der Waals surface area contributed by atoms with E-state index in [-0.39, 0.29) is 17.9 Å². The van der Waals surface area contributed by atoms with Gasteiger partial charge in [0.1, 0.15) is 4.88 Å². The van der Waals surface area contributed by atoms with E-state index in [1.165, 1.54) is 11.3 Å². The number of hydrogen-bond donors (Lipinski definition) is 1. The number of aromatic nitrogens is 3. The van der Waals surface area contributed by atoms with Crippen molar-refractivity contribution in [3.05, 3.63) is 29.0 Å². The van der Waals surface area contributed by atoms with E-state index in [1.54, 1.807) is 30.4 Å². The third kappa shape index (κ3) is 3.40. The van der Waals surface area contributed by atoms with E-state index < -0.39 is 0 Å². The Hall–Kier alpha value is -1.86. The van der Waals surface area contributed by atoms with E-state index in [0.717, 1.165) is 19.3 Å². The highest BCUT2D eigenvalue weighted by Gasteiger charge is 2.29. The van der Waals surface area contributed by atoms with Crippen LogP contribution in [0.4, 0.5) is 0 Å². The zero-order valence-corrected chi connectivity index (χ0v) is 14.1. The first-order valence-electron chi connectivity index (χ1n) is 7.74. The number of nitrogens with zero attached hydrogens (tertiary/aromatic N) is 4. The van der Waals surface area contributed by atoms with E-state index in [1.807, 2.05) is 6.92 Å². The van der Waals surface area contributed by atoms with Gasteiger partial charge in [-0.05, 0) is 25.8 Å². The second-order valence-electron chi connectivity index (χ2n) is 5.95. The Kier molecular flexibility index (Phi) is 4.68. The van der Waals surface area contributed by atoms with Gasteiger partial charge in [-0.15, -0.1) is 11.3 Å². The first kappa shape index (κ1) is 16.0. The van der Waals surface area contributed by atoms with Gasteiger partial charge in [0.25, 0.3) is 5.91 Å². The third-order valence-corrected chi connectivity index (χ3v) is 5.36. The van der Waals surface area contributed by atoms with Crippen LogP contribution in [-0.4, -0.2) is 50.6 Å². The van der Waals surface area contributed by atoms with Gasteiger partial charge < -0.3 is 10.0 Å². The van der Waals surface area contributed by atoms with Crippen LogP contribution in [0.1, 0.15) is 34.6 Å². The van der Waals surface area contributed by atoms with Gasteiger partial charge >= 0.3 is 0 Å². The van der Waals surface area contributed by atoms with Crippen molar-refractivity contribution in [2.45, 2.75) is 32.3 Å². The Morgan fingerprint density at radius 3 is 2.78 bits per heavy atom. The van der Waals surface area contributed by atoms with Gasteiger partial charge in [-0.3, -0.25) is 4.79 Å². The average Bonchev–Trinajstić information content (AvgIpc) is 3.14. The number of rotatable bonds is 4. The lowest BCUT2D eigenvalue weighted by Crippen LogP contribution is -2.34. The average molecular weight is 332 g/mol.